The molecule has 5 nitrogen and oxygen atoms in total. The third kappa shape index (κ3) is 7.36. The summed E-state index contributed by atoms with van der Waals surface area (Å²) in [5.41, 5.74) is -4.83. The molecule has 0 radical (unpaired) electrons. The van der Waals surface area contributed by atoms with Crippen molar-refractivity contribution in [3.63, 3.8) is 0 Å². The number of hydrogen-bond donors (Lipinski definition) is 0. The maximum atomic E-state index is 14.0. The van der Waals surface area contributed by atoms with Crippen molar-refractivity contribution in [2.24, 2.45) is 0 Å². The van der Waals surface area contributed by atoms with Gasteiger partial charge in [-0.1, -0.05) is 6.07 Å². The maximum absolute atomic E-state index is 14.0. The molecule has 1 saturated heterocycles. The van der Waals surface area contributed by atoms with E-state index < -0.39 is 69.8 Å². The lowest BCUT2D eigenvalue weighted by Crippen LogP contribution is -2.55. The molecule has 1 fully saturated rings. The number of piperidine rings is 1. The lowest BCUT2D eigenvalue weighted by molar-refractivity contribution is -0.144. The Balaban J connectivity index is 2.03. The molecule has 0 unspecified atom stereocenters. The molecule has 0 saturated carbocycles. The van der Waals surface area contributed by atoms with Crippen molar-refractivity contribution in [1.29, 1.82) is 0 Å². The van der Waals surface area contributed by atoms with Crippen LogP contribution in [0.1, 0.15) is 74.8 Å². The Kier molecular flexibility index (Phi) is 9.02. The van der Waals surface area contributed by atoms with Gasteiger partial charge in [-0.05, 0) is 95.0 Å². The highest BCUT2D eigenvalue weighted by molar-refractivity contribution is 5.87. The summed E-state index contributed by atoms with van der Waals surface area (Å²) in [7, 11) is 1.43. The van der Waals surface area contributed by atoms with Crippen LogP contribution in [-0.2, 0) is 27.3 Å². The van der Waals surface area contributed by atoms with Crippen molar-refractivity contribution in [3.8, 4) is 0 Å². The summed E-state index contributed by atoms with van der Waals surface area (Å²) in [6.45, 7) is 9.63. The fourth-order valence-corrected chi connectivity index (χ4v) is 5.29. The Hall–Kier alpha value is -3.31. The summed E-state index contributed by atoms with van der Waals surface area (Å²) in [6, 6.07) is 4.64. The van der Waals surface area contributed by atoms with Gasteiger partial charge in [0.2, 0.25) is 5.91 Å². The van der Waals surface area contributed by atoms with Gasteiger partial charge >= 0.3 is 18.4 Å². The van der Waals surface area contributed by atoms with Gasteiger partial charge in [0.15, 0.2) is 0 Å². The zero-order chi connectivity index (χ0) is 32.0. The van der Waals surface area contributed by atoms with E-state index in [1.54, 1.807) is 33.8 Å². The summed E-state index contributed by atoms with van der Waals surface area (Å²) >= 11 is 0. The summed E-state index contributed by atoms with van der Waals surface area (Å²) in [5, 5.41) is 0. The molecule has 0 aliphatic carbocycles. The van der Waals surface area contributed by atoms with Gasteiger partial charge in [0.05, 0.1) is 16.5 Å². The van der Waals surface area contributed by atoms with Crippen molar-refractivity contribution >= 4 is 12.0 Å². The van der Waals surface area contributed by atoms with E-state index in [0.717, 1.165) is 0 Å². The van der Waals surface area contributed by atoms with E-state index in [2.05, 4.69) is 0 Å². The topological polar surface area (TPSA) is 49.9 Å². The molecule has 1 heterocycles. The largest absolute Gasteiger partial charge is 0.444 e. The lowest BCUT2D eigenvalue weighted by atomic mass is 9.78. The van der Waals surface area contributed by atoms with E-state index in [9.17, 15) is 40.3 Å². The molecule has 2 atom stereocenters. The zero-order valence-corrected chi connectivity index (χ0v) is 24.5. The lowest BCUT2D eigenvalue weighted by Gasteiger charge is -2.45. The van der Waals surface area contributed by atoms with E-state index in [1.807, 2.05) is 0 Å². The predicted octanol–water partition coefficient (Wildman–Crippen LogP) is 7.70. The van der Waals surface area contributed by atoms with Crippen LogP contribution in [0.2, 0.25) is 0 Å². The first kappa shape index (κ1) is 33.2. The number of nitrogens with zero attached hydrogens (tertiary/aromatic N) is 2. The smallest absolute Gasteiger partial charge is 0.416 e. The average Bonchev–Trinajstić information content (AvgIpc) is 2.85. The van der Waals surface area contributed by atoms with E-state index in [4.69, 9.17) is 4.74 Å². The van der Waals surface area contributed by atoms with Crippen molar-refractivity contribution < 1.29 is 45.1 Å². The normalized spacial score (nSPS) is 18.6. The van der Waals surface area contributed by atoms with Crippen LogP contribution in [0.4, 0.5) is 35.5 Å². The minimum Gasteiger partial charge on any atom is -0.444 e. The van der Waals surface area contributed by atoms with Crippen LogP contribution in [0.25, 0.3) is 0 Å². The number of likely N-dealkylation sites (N-methyl/N-ethyl adjacent to an activating group) is 1. The minimum atomic E-state index is -5.07. The monoisotopic (exact) mass is 604 g/mol. The Morgan fingerprint density at radius 1 is 0.881 bits per heavy atom. The molecule has 12 heteroatoms. The Bertz CT molecular complexity index is 1300. The number of ether oxygens (including phenoxy) is 1. The zero-order valence-electron chi connectivity index (χ0n) is 24.5. The molecule has 0 N–H and O–H groups in total. The third-order valence-corrected chi connectivity index (χ3v) is 7.52. The van der Waals surface area contributed by atoms with Gasteiger partial charge in [-0.3, -0.25) is 4.79 Å². The Morgan fingerprint density at radius 3 is 1.88 bits per heavy atom. The van der Waals surface area contributed by atoms with Gasteiger partial charge in [0.1, 0.15) is 11.4 Å². The minimum absolute atomic E-state index is 0.0213. The Labute approximate surface area is 240 Å². The second-order valence-corrected chi connectivity index (χ2v) is 12.2. The van der Waals surface area contributed by atoms with Crippen LogP contribution in [0.15, 0.2) is 36.4 Å². The molecule has 0 spiro atoms. The van der Waals surface area contributed by atoms with E-state index in [0.29, 0.717) is 23.3 Å². The van der Waals surface area contributed by atoms with Gasteiger partial charge in [-0.2, -0.15) is 26.3 Å². The van der Waals surface area contributed by atoms with Crippen LogP contribution in [0, 0.1) is 12.7 Å². The molecule has 1 aliphatic heterocycles. The molecule has 0 bridgehead atoms. The van der Waals surface area contributed by atoms with E-state index >= 15 is 0 Å². The maximum Gasteiger partial charge on any atom is 0.416 e. The predicted molar refractivity (Wildman–Crippen MR) is 142 cm³/mol. The van der Waals surface area contributed by atoms with Gasteiger partial charge in [0.25, 0.3) is 0 Å². The second-order valence-electron chi connectivity index (χ2n) is 12.2. The molecule has 0 aromatic heterocycles. The average molecular weight is 605 g/mol. The summed E-state index contributed by atoms with van der Waals surface area (Å²) in [4.78, 5) is 29.6. The fourth-order valence-electron chi connectivity index (χ4n) is 5.29. The molecule has 3 rings (SSSR count). The van der Waals surface area contributed by atoms with E-state index in [-0.39, 0.29) is 25.6 Å². The molecule has 1 aliphatic rings. The first-order valence-electron chi connectivity index (χ1n) is 13.3. The number of amides is 2. The number of alkyl halides is 6. The summed E-state index contributed by atoms with van der Waals surface area (Å²) in [5.74, 6) is -1.75. The number of carbonyl (C=O) groups is 2. The first-order chi connectivity index (χ1) is 19.0. The van der Waals surface area contributed by atoms with Crippen molar-refractivity contribution in [2.45, 2.75) is 83.3 Å². The number of hydrogen-bond acceptors (Lipinski definition) is 3. The fraction of sp³-hybridized carbons (Fsp3) is 0.533. The molecule has 42 heavy (non-hydrogen) atoms. The molecular weight excluding hydrogens is 569 g/mol. The first-order valence-corrected chi connectivity index (χ1v) is 13.3. The highest BCUT2D eigenvalue weighted by Crippen LogP contribution is 2.41. The van der Waals surface area contributed by atoms with Crippen molar-refractivity contribution in [2.75, 3.05) is 20.1 Å². The highest BCUT2D eigenvalue weighted by Gasteiger charge is 2.44. The van der Waals surface area contributed by atoms with Crippen molar-refractivity contribution in [3.05, 3.63) is 70.0 Å². The SMILES string of the molecule is Cc1cc(F)ccc1[C@H]1CN(C(=O)OC(C)(C)C)CC[C@@H]1N(C)C(=O)C(C)(C)c1cc(C(F)(F)F)cc(C(F)(F)F)c1. The quantitative estimate of drug-likeness (QED) is 0.336. The van der Waals surface area contributed by atoms with Gasteiger partial charge < -0.3 is 14.5 Å². The van der Waals surface area contributed by atoms with Crippen molar-refractivity contribution in [1.82, 2.24) is 9.80 Å². The Morgan fingerprint density at radius 2 is 1.40 bits per heavy atom. The van der Waals surface area contributed by atoms with Gasteiger partial charge in [0, 0.05) is 32.1 Å². The highest BCUT2D eigenvalue weighted by atomic mass is 19.4. The molecular formula is C30H35F7N2O3. The third-order valence-electron chi connectivity index (χ3n) is 7.52. The van der Waals surface area contributed by atoms with Crippen LogP contribution < -0.4 is 0 Å². The van der Waals surface area contributed by atoms with E-state index in [1.165, 1.54) is 42.8 Å². The number of carbonyl (C=O) groups excluding carboxylic acids is 2. The standard InChI is InChI=1S/C30H35F7N2O3/c1-17-12-21(31)8-9-22(17)23-16-39(26(41)42-27(2,3)4)11-10-24(23)38(7)25(40)28(5,6)18-13-19(29(32,33)34)15-20(14-18)30(35,36)37/h8-9,12-15,23-24H,10-11,16H2,1-7H3/t23-,24+/m1/s1. The molecule has 2 aromatic rings. The second kappa shape index (κ2) is 11.4. The number of likely N-dealkylation sites (tertiary alicyclic amines) is 1. The number of aryl methyl sites for hydroxylation is 1. The van der Waals surface area contributed by atoms with Crippen LogP contribution >= 0.6 is 0 Å². The van der Waals surface area contributed by atoms with Gasteiger partial charge in [-0.25, -0.2) is 9.18 Å². The number of rotatable bonds is 4. The van der Waals surface area contributed by atoms with Crippen LogP contribution in [-0.4, -0.2) is 53.6 Å². The van der Waals surface area contributed by atoms with Gasteiger partial charge in [-0.15, -0.1) is 0 Å². The van der Waals surface area contributed by atoms with Crippen LogP contribution in [0.5, 0.6) is 0 Å². The molecule has 2 amide bonds. The summed E-state index contributed by atoms with van der Waals surface area (Å²) < 4.78 is 101. The summed E-state index contributed by atoms with van der Waals surface area (Å²) in [6.07, 6.45) is -10.5. The molecule has 232 valence electrons. The number of benzene rings is 2. The van der Waals surface area contributed by atoms with Crippen LogP contribution in [0.3, 0.4) is 0 Å². The molecule has 2 aromatic carbocycles. The number of halogens is 7.